The summed E-state index contributed by atoms with van der Waals surface area (Å²) in [4.78, 5) is 11.7. The van der Waals surface area contributed by atoms with Crippen LogP contribution >= 0.6 is 12.4 Å². The highest BCUT2D eigenvalue weighted by atomic mass is 35.5. The molecule has 1 atom stereocenters. The van der Waals surface area contributed by atoms with Crippen LogP contribution < -0.4 is 11.1 Å². The predicted molar refractivity (Wildman–Crippen MR) is 70.7 cm³/mol. The number of nitrogens with one attached hydrogen (secondary N) is 1. The van der Waals surface area contributed by atoms with Gasteiger partial charge in [0.15, 0.2) is 5.76 Å². The van der Waals surface area contributed by atoms with Crippen LogP contribution in [0.15, 0.2) is 10.5 Å². The Labute approximate surface area is 108 Å². The van der Waals surface area contributed by atoms with Crippen molar-refractivity contribution in [1.82, 2.24) is 5.32 Å². The van der Waals surface area contributed by atoms with Gasteiger partial charge in [0, 0.05) is 19.0 Å². The minimum Gasteiger partial charge on any atom is -0.456 e. The van der Waals surface area contributed by atoms with Gasteiger partial charge in [0.2, 0.25) is 0 Å². The van der Waals surface area contributed by atoms with Crippen molar-refractivity contribution >= 4 is 18.3 Å². The van der Waals surface area contributed by atoms with E-state index >= 15 is 0 Å². The van der Waals surface area contributed by atoms with E-state index in [0.717, 1.165) is 24.2 Å². The molecule has 1 rings (SSSR count). The molecule has 1 aromatic rings. The SMILES string of the molecule is CCc1oc(C(=O)NCCC(C)N)cc1C.Cl. The van der Waals surface area contributed by atoms with Crippen LogP contribution in [0.3, 0.4) is 0 Å². The van der Waals surface area contributed by atoms with E-state index < -0.39 is 0 Å². The zero-order valence-electron chi connectivity index (χ0n) is 10.6. The Morgan fingerprint density at radius 2 is 2.24 bits per heavy atom. The summed E-state index contributed by atoms with van der Waals surface area (Å²) in [5, 5.41) is 2.78. The third kappa shape index (κ3) is 4.79. The van der Waals surface area contributed by atoms with E-state index in [0.29, 0.717) is 12.3 Å². The summed E-state index contributed by atoms with van der Waals surface area (Å²) in [7, 11) is 0. The van der Waals surface area contributed by atoms with E-state index in [1.807, 2.05) is 20.8 Å². The van der Waals surface area contributed by atoms with Gasteiger partial charge in [-0.3, -0.25) is 4.79 Å². The number of furan rings is 1. The number of amides is 1. The Balaban J connectivity index is 0.00000256. The zero-order chi connectivity index (χ0) is 12.1. The van der Waals surface area contributed by atoms with Crippen LogP contribution in [-0.2, 0) is 6.42 Å². The molecule has 98 valence electrons. The molecule has 0 saturated heterocycles. The molecule has 1 unspecified atom stereocenters. The highest BCUT2D eigenvalue weighted by Gasteiger charge is 2.12. The zero-order valence-corrected chi connectivity index (χ0v) is 11.4. The highest BCUT2D eigenvalue weighted by Crippen LogP contribution is 2.14. The maximum atomic E-state index is 11.7. The maximum Gasteiger partial charge on any atom is 0.287 e. The fourth-order valence-electron chi connectivity index (χ4n) is 1.48. The summed E-state index contributed by atoms with van der Waals surface area (Å²) in [6.07, 6.45) is 1.57. The smallest absolute Gasteiger partial charge is 0.287 e. The number of hydrogen-bond acceptors (Lipinski definition) is 3. The summed E-state index contributed by atoms with van der Waals surface area (Å²) in [6, 6.07) is 1.88. The topological polar surface area (TPSA) is 68.3 Å². The maximum absolute atomic E-state index is 11.7. The van der Waals surface area contributed by atoms with Crippen LogP contribution in [0.4, 0.5) is 0 Å². The molecule has 0 aromatic carbocycles. The third-order valence-electron chi connectivity index (χ3n) is 2.45. The van der Waals surface area contributed by atoms with Crippen LogP contribution in [0.2, 0.25) is 0 Å². The first-order valence-corrected chi connectivity index (χ1v) is 5.67. The number of hydrogen-bond donors (Lipinski definition) is 2. The summed E-state index contributed by atoms with van der Waals surface area (Å²) >= 11 is 0. The molecular formula is C12H21ClN2O2. The van der Waals surface area contributed by atoms with E-state index in [-0.39, 0.29) is 24.4 Å². The fraction of sp³-hybridized carbons (Fsp3) is 0.583. The first kappa shape index (κ1) is 16.0. The molecule has 1 amide bonds. The van der Waals surface area contributed by atoms with E-state index in [1.165, 1.54) is 0 Å². The molecule has 0 spiro atoms. The van der Waals surface area contributed by atoms with E-state index in [9.17, 15) is 4.79 Å². The molecular weight excluding hydrogens is 240 g/mol. The number of rotatable bonds is 5. The third-order valence-corrected chi connectivity index (χ3v) is 2.45. The van der Waals surface area contributed by atoms with E-state index in [1.54, 1.807) is 6.07 Å². The van der Waals surface area contributed by atoms with Crippen molar-refractivity contribution in [2.75, 3.05) is 6.54 Å². The van der Waals surface area contributed by atoms with Gasteiger partial charge in [-0.15, -0.1) is 12.4 Å². The second-order valence-electron chi connectivity index (χ2n) is 4.09. The first-order chi connectivity index (χ1) is 7.54. The van der Waals surface area contributed by atoms with Crippen molar-refractivity contribution in [3.05, 3.63) is 23.2 Å². The molecule has 17 heavy (non-hydrogen) atoms. The molecule has 3 N–H and O–H groups in total. The number of nitrogens with two attached hydrogens (primary N) is 1. The quantitative estimate of drug-likeness (QED) is 0.851. The minimum atomic E-state index is -0.163. The van der Waals surface area contributed by atoms with Gasteiger partial charge in [-0.2, -0.15) is 0 Å². The van der Waals surface area contributed by atoms with Gasteiger partial charge >= 0.3 is 0 Å². The second kappa shape index (κ2) is 7.35. The molecule has 5 heteroatoms. The van der Waals surface area contributed by atoms with E-state index in [2.05, 4.69) is 5.32 Å². The molecule has 1 heterocycles. The molecule has 4 nitrogen and oxygen atoms in total. The molecule has 0 radical (unpaired) electrons. The fourth-order valence-corrected chi connectivity index (χ4v) is 1.48. The normalized spacial score (nSPS) is 11.8. The summed E-state index contributed by atoms with van der Waals surface area (Å²) in [6.45, 7) is 6.45. The lowest BCUT2D eigenvalue weighted by molar-refractivity contribution is 0.0923. The van der Waals surface area contributed by atoms with Gasteiger partial charge in [-0.1, -0.05) is 6.92 Å². The Morgan fingerprint density at radius 3 is 2.71 bits per heavy atom. The Hall–Kier alpha value is -1.00. The monoisotopic (exact) mass is 260 g/mol. The van der Waals surface area contributed by atoms with Crippen LogP contribution in [0, 0.1) is 6.92 Å². The lowest BCUT2D eigenvalue weighted by atomic mass is 10.2. The van der Waals surface area contributed by atoms with Gasteiger partial charge in [0.25, 0.3) is 5.91 Å². The Kier molecular flexibility index (Phi) is 6.92. The number of halogens is 1. The Morgan fingerprint density at radius 1 is 1.59 bits per heavy atom. The van der Waals surface area contributed by atoms with Crippen molar-refractivity contribution in [3.63, 3.8) is 0 Å². The first-order valence-electron chi connectivity index (χ1n) is 5.67. The molecule has 0 bridgehead atoms. The average Bonchev–Trinajstić information content (AvgIpc) is 2.59. The number of aryl methyl sites for hydroxylation is 2. The molecule has 1 aromatic heterocycles. The van der Waals surface area contributed by atoms with Gasteiger partial charge in [-0.05, 0) is 31.9 Å². The number of carbonyl (C=O) groups excluding carboxylic acids is 1. The summed E-state index contributed by atoms with van der Waals surface area (Å²) in [5.74, 6) is 1.10. The molecule has 0 aliphatic carbocycles. The molecule has 0 saturated carbocycles. The van der Waals surface area contributed by atoms with Gasteiger partial charge in [-0.25, -0.2) is 0 Å². The van der Waals surface area contributed by atoms with Gasteiger partial charge in [0.05, 0.1) is 0 Å². The van der Waals surface area contributed by atoms with Crippen molar-refractivity contribution in [3.8, 4) is 0 Å². The lowest BCUT2D eigenvalue weighted by Crippen LogP contribution is -2.28. The standard InChI is InChI=1S/C12H20N2O2.ClH/c1-4-10-8(2)7-11(16-10)12(15)14-6-5-9(3)13;/h7,9H,4-6,13H2,1-3H3,(H,14,15);1H. The average molecular weight is 261 g/mol. The number of carbonyl (C=O) groups is 1. The minimum absolute atomic E-state index is 0. The Bertz CT molecular complexity index is 361. The molecule has 0 aliphatic rings. The predicted octanol–water partition coefficient (Wildman–Crippen LogP) is 2.04. The van der Waals surface area contributed by atoms with Crippen molar-refractivity contribution in [2.24, 2.45) is 5.73 Å². The van der Waals surface area contributed by atoms with Crippen LogP contribution in [0.1, 0.15) is 42.1 Å². The van der Waals surface area contributed by atoms with Crippen molar-refractivity contribution < 1.29 is 9.21 Å². The van der Waals surface area contributed by atoms with Crippen LogP contribution in [0.5, 0.6) is 0 Å². The van der Waals surface area contributed by atoms with Crippen molar-refractivity contribution in [2.45, 2.75) is 39.7 Å². The van der Waals surface area contributed by atoms with Crippen LogP contribution in [-0.4, -0.2) is 18.5 Å². The summed E-state index contributed by atoms with van der Waals surface area (Å²) < 4.78 is 5.44. The van der Waals surface area contributed by atoms with Gasteiger partial charge in [0.1, 0.15) is 5.76 Å². The molecule has 0 fully saturated rings. The van der Waals surface area contributed by atoms with Crippen LogP contribution in [0.25, 0.3) is 0 Å². The summed E-state index contributed by atoms with van der Waals surface area (Å²) in [5.41, 5.74) is 6.62. The molecule has 0 aliphatic heterocycles. The van der Waals surface area contributed by atoms with Gasteiger partial charge < -0.3 is 15.5 Å². The highest BCUT2D eigenvalue weighted by molar-refractivity contribution is 5.91. The van der Waals surface area contributed by atoms with E-state index in [4.69, 9.17) is 10.2 Å². The largest absolute Gasteiger partial charge is 0.456 e. The van der Waals surface area contributed by atoms with Crippen molar-refractivity contribution in [1.29, 1.82) is 0 Å². The second-order valence-corrected chi connectivity index (χ2v) is 4.09. The lowest BCUT2D eigenvalue weighted by Gasteiger charge is -2.05.